The number of aromatic nitrogens is 2. The van der Waals surface area contributed by atoms with Crippen LogP contribution in [0.3, 0.4) is 0 Å². The molecule has 1 atom stereocenters. The number of pyridine rings is 2. The summed E-state index contributed by atoms with van der Waals surface area (Å²) in [4.78, 5) is 13.0. The van der Waals surface area contributed by atoms with Gasteiger partial charge in [0.05, 0.1) is 22.8 Å². The Morgan fingerprint density at radius 2 is 1.51 bits per heavy atom. The van der Waals surface area contributed by atoms with E-state index in [1.54, 1.807) is 36.0 Å². The van der Waals surface area contributed by atoms with E-state index in [2.05, 4.69) is 32.0 Å². The van der Waals surface area contributed by atoms with E-state index in [4.69, 9.17) is 9.97 Å². The second-order valence-electron chi connectivity index (χ2n) is 8.90. The number of hydrogen-bond donors (Lipinski definition) is 0. The van der Waals surface area contributed by atoms with Crippen molar-refractivity contribution in [1.29, 1.82) is 0 Å². The van der Waals surface area contributed by atoms with Gasteiger partial charge in [-0.05, 0) is 66.8 Å². The number of rotatable bonds is 7. The predicted octanol–water partition coefficient (Wildman–Crippen LogP) is 6.82. The van der Waals surface area contributed by atoms with E-state index in [0.717, 1.165) is 56.3 Å². The van der Waals surface area contributed by atoms with E-state index in [0.29, 0.717) is 11.4 Å². The third kappa shape index (κ3) is 4.65. The Morgan fingerprint density at radius 3 is 2.16 bits per heavy atom. The first-order chi connectivity index (χ1) is 17.9. The van der Waals surface area contributed by atoms with Crippen molar-refractivity contribution in [1.82, 2.24) is 9.97 Å². The van der Waals surface area contributed by atoms with Crippen LogP contribution in [0, 0.1) is 0 Å². The van der Waals surface area contributed by atoms with Crippen molar-refractivity contribution in [2.24, 2.45) is 0 Å². The number of aryl methyl sites for hydroxylation is 2. The molecule has 0 bridgehead atoms. The van der Waals surface area contributed by atoms with Crippen LogP contribution in [0.2, 0.25) is 0 Å². The van der Waals surface area contributed by atoms with Gasteiger partial charge in [-0.2, -0.15) is 0 Å². The molecule has 8 heteroatoms. The smallest absolute Gasteiger partial charge is 0.124 e. The summed E-state index contributed by atoms with van der Waals surface area (Å²) < 4.78 is 37.7. The molecule has 2 aromatic heterocycles. The van der Waals surface area contributed by atoms with Crippen molar-refractivity contribution in [3.63, 3.8) is 0 Å². The van der Waals surface area contributed by atoms with Crippen LogP contribution in [0.25, 0.3) is 22.5 Å². The molecule has 37 heavy (non-hydrogen) atoms. The molecule has 2 aromatic carbocycles. The fraction of sp³-hybridized carbons (Fsp3) is 0.241. The molecule has 1 aliphatic rings. The zero-order chi connectivity index (χ0) is 26.2. The lowest BCUT2D eigenvalue weighted by Crippen LogP contribution is -2.39. The minimum absolute atomic E-state index is 0.150. The summed E-state index contributed by atoms with van der Waals surface area (Å²) in [6, 6.07) is 19.7. The number of fused-ring (bicyclic) bond motifs is 2. The molecule has 4 aromatic rings. The van der Waals surface area contributed by atoms with E-state index in [-0.39, 0.29) is 6.42 Å². The topological polar surface area (TPSA) is 86.2 Å². The molecule has 0 aliphatic carbocycles. The fourth-order valence-corrected chi connectivity index (χ4v) is 7.03. The largest absolute Gasteiger partial charge is 0.746 e. The highest BCUT2D eigenvalue weighted by molar-refractivity contribution is 8.00. The Bertz CT molecular complexity index is 1570. The lowest BCUT2D eigenvalue weighted by atomic mass is 9.96. The van der Waals surface area contributed by atoms with Crippen LogP contribution in [-0.4, -0.2) is 28.3 Å². The molecule has 0 radical (unpaired) electrons. The van der Waals surface area contributed by atoms with Gasteiger partial charge in [0.15, 0.2) is 0 Å². The van der Waals surface area contributed by atoms with Gasteiger partial charge in [-0.1, -0.05) is 56.8 Å². The predicted molar refractivity (Wildman–Crippen MR) is 148 cm³/mol. The van der Waals surface area contributed by atoms with Gasteiger partial charge in [0.25, 0.3) is 0 Å². The van der Waals surface area contributed by atoms with E-state index < -0.39 is 15.5 Å². The number of nitrogens with zero attached hydrogens (tertiary/aromatic N) is 3. The highest BCUT2D eigenvalue weighted by atomic mass is 32.2. The molecule has 1 aliphatic heterocycles. The minimum atomic E-state index is -4.65. The first-order valence-electron chi connectivity index (χ1n) is 12.4. The highest BCUT2D eigenvalue weighted by Crippen LogP contribution is 2.54. The molecule has 0 fully saturated rings. The Labute approximate surface area is 222 Å². The quantitative estimate of drug-likeness (QED) is 0.242. The Hall–Kier alpha value is -3.20. The summed E-state index contributed by atoms with van der Waals surface area (Å²) >= 11 is 1.58. The minimum Gasteiger partial charge on any atom is -0.746 e. The van der Waals surface area contributed by atoms with E-state index in [1.165, 1.54) is 0 Å². The van der Waals surface area contributed by atoms with Gasteiger partial charge in [-0.3, -0.25) is 9.97 Å². The maximum Gasteiger partial charge on any atom is 0.124 e. The average molecular weight is 531 g/mol. The lowest BCUT2D eigenvalue weighted by Gasteiger charge is -2.40. The standard InChI is InChI=1S/C29H29N3O3S2/c1-4-19-11-9-15-30-27(19)21-17-22(28-20(5-2)12-10-16-31-28)29-24(18-21)32(26(6-3)37(33,34)35)23-13-7-8-14-25(23)36-29/h7-18,26H,4-6H2,1-3H3,(H,33,34,35)/p-1. The normalized spacial score (nSPS) is 13.7. The van der Waals surface area contributed by atoms with Gasteiger partial charge in [0.1, 0.15) is 15.5 Å². The van der Waals surface area contributed by atoms with Crippen molar-refractivity contribution in [2.45, 2.75) is 55.2 Å². The fourth-order valence-electron chi connectivity index (χ4n) is 4.97. The molecule has 3 heterocycles. The highest BCUT2D eigenvalue weighted by Gasteiger charge is 2.34. The summed E-state index contributed by atoms with van der Waals surface area (Å²) in [5, 5.41) is -1.25. The summed E-state index contributed by atoms with van der Waals surface area (Å²) in [6.45, 7) is 5.91. The number of benzene rings is 2. The molecular weight excluding hydrogens is 502 g/mol. The van der Waals surface area contributed by atoms with E-state index >= 15 is 0 Å². The number of hydrogen-bond acceptors (Lipinski definition) is 7. The molecule has 0 saturated carbocycles. The van der Waals surface area contributed by atoms with E-state index in [1.807, 2.05) is 42.5 Å². The van der Waals surface area contributed by atoms with Crippen LogP contribution in [-0.2, 0) is 23.0 Å². The molecule has 6 nitrogen and oxygen atoms in total. The Balaban J connectivity index is 1.88. The van der Waals surface area contributed by atoms with Crippen molar-refractivity contribution in [2.75, 3.05) is 4.90 Å². The lowest BCUT2D eigenvalue weighted by molar-refractivity contribution is 0.445. The third-order valence-corrected chi connectivity index (χ3v) is 9.12. The van der Waals surface area contributed by atoms with Crippen molar-refractivity contribution >= 4 is 33.3 Å². The van der Waals surface area contributed by atoms with Crippen molar-refractivity contribution in [3.05, 3.63) is 84.2 Å². The molecule has 0 saturated heterocycles. The van der Waals surface area contributed by atoms with Crippen molar-refractivity contribution < 1.29 is 13.0 Å². The van der Waals surface area contributed by atoms with Gasteiger partial charge in [0.2, 0.25) is 0 Å². The van der Waals surface area contributed by atoms with Crippen LogP contribution in [0.1, 0.15) is 38.3 Å². The first-order valence-corrected chi connectivity index (χ1v) is 14.7. The monoisotopic (exact) mass is 530 g/mol. The summed E-state index contributed by atoms with van der Waals surface area (Å²) in [5.74, 6) is 0. The van der Waals surface area contributed by atoms with Gasteiger partial charge in [-0.25, -0.2) is 8.42 Å². The molecule has 5 rings (SSSR count). The molecule has 0 N–H and O–H groups in total. The molecule has 1 unspecified atom stereocenters. The first kappa shape index (κ1) is 25.4. The van der Waals surface area contributed by atoms with Gasteiger partial charge in [0, 0.05) is 33.3 Å². The Morgan fingerprint density at radius 1 is 0.865 bits per heavy atom. The molecule has 0 amide bonds. The van der Waals surface area contributed by atoms with Crippen LogP contribution in [0.15, 0.2) is 82.8 Å². The average Bonchev–Trinajstić information content (AvgIpc) is 2.91. The Kier molecular flexibility index (Phi) is 7.07. The second kappa shape index (κ2) is 10.3. The van der Waals surface area contributed by atoms with Gasteiger partial charge < -0.3 is 9.45 Å². The zero-order valence-electron chi connectivity index (χ0n) is 21.0. The van der Waals surface area contributed by atoms with Gasteiger partial charge in [-0.15, -0.1) is 0 Å². The van der Waals surface area contributed by atoms with Crippen LogP contribution in [0.4, 0.5) is 11.4 Å². The summed E-state index contributed by atoms with van der Waals surface area (Å²) in [6.07, 6.45) is 5.29. The second-order valence-corrected chi connectivity index (χ2v) is 11.5. The maximum atomic E-state index is 12.6. The number of para-hydroxylation sites is 1. The van der Waals surface area contributed by atoms with Gasteiger partial charge >= 0.3 is 0 Å². The SMILES string of the molecule is CCc1cccnc1-c1cc(-c2ncccc2CC)c2c(c1)N(C(CC)S(=O)(=O)[O-])c1ccccc1S2. The summed E-state index contributed by atoms with van der Waals surface area (Å²) in [5.41, 5.74) is 7.03. The van der Waals surface area contributed by atoms with Crippen LogP contribution < -0.4 is 4.90 Å². The molecule has 190 valence electrons. The van der Waals surface area contributed by atoms with Crippen LogP contribution in [0.5, 0.6) is 0 Å². The third-order valence-electron chi connectivity index (χ3n) is 6.71. The van der Waals surface area contributed by atoms with Crippen LogP contribution >= 0.6 is 11.8 Å². The summed E-state index contributed by atoms with van der Waals surface area (Å²) in [7, 11) is -4.65. The number of anilines is 2. The molecular formula is C29H28N3O3S2-. The molecule has 0 spiro atoms. The maximum absolute atomic E-state index is 12.6. The van der Waals surface area contributed by atoms with E-state index in [9.17, 15) is 13.0 Å². The zero-order valence-corrected chi connectivity index (χ0v) is 22.6. The van der Waals surface area contributed by atoms with Crippen molar-refractivity contribution in [3.8, 4) is 22.5 Å².